The molecule has 3 aliphatic carbocycles. The Morgan fingerprint density at radius 1 is 0.925 bits per heavy atom. The number of cyclic esters (lactones) is 1. The fourth-order valence-electron chi connectivity index (χ4n) is 15.9. The number of hydrogen-bond acceptors (Lipinski definition) is 14. The number of nitrogens with one attached hydrogen (secondary N) is 3. The first-order chi connectivity index (χ1) is 38.8. The molecule has 3 N–H and O–H groups in total. The number of carbonyl (C=O) groups is 4. The third kappa shape index (κ3) is 11.0. The number of ether oxygens (including phenoxy) is 3. The maximum Gasteiger partial charge on any atom is 0.324 e. The summed E-state index contributed by atoms with van der Waals surface area (Å²) in [6.07, 6.45) is 15.7. The molecule has 0 radical (unpaired) electrons. The molecule has 18 nitrogen and oxygen atoms in total. The highest BCUT2D eigenvalue weighted by Crippen LogP contribution is 2.46. The molecule has 8 aliphatic heterocycles. The van der Waals surface area contributed by atoms with Gasteiger partial charge in [-0.2, -0.15) is 0 Å². The topological polar surface area (TPSA) is 179 Å². The molecule has 18 heteroatoms. The zero-order chi connectivity index (χ0) is 55.0. The number of nitrogens with zero attached hydrogens (tertiary/aromatic N) is 8. The predicted molar refractivity (Wildman–Crippen MR) is 308 cm³/mol. The number of aromatic nitrogens is 1. The van der Waals surface area contributed by atoms with E-state index in [1.165, 1.54) is 47.9 Å². The normalized spacial score (nSPS) is 32.9. The van der Waals surface area contributed by atoms with E-state index in [4.69, 9.17) is 19.2 Å². The average Bonchev–Trinajstić information content (AvgIpc) is 4.47. The summed E-state index contributed by atoms with van der Waals surface area (Å²) in [5, 5.41) is 9.64. The summed E-state index contributed by atoms with van der Waals surface area (Å²) in [7, 11) is 1.77. The van der Waals surface area contributed by atoms with Gasteiger partial charge in [0.1, 0.15) is 18.1 Å². The minimum absolute atomic E-state index is 0.0237. The maximum absolute atomic E-state index is 15.3. The van der Waals surface area contributed by atoms with Crippen LogP contribution in [0.2, 0.25) is 0 Å². The van der Waals surface area contributed by atoms with Gasteiger partial charge in [-0.1, -0.05) is 26.7 Å². The lowest BCUT2D eigenvalue weighted by atomic mass is 9.83. The molecule has 1 aromatic heterocycles. The Labute approximate surface area is 474 Å². The number of hydrazine groups is 1. The highest BCUT2D eigenvalue weighted by molar-refractivity contribution is 5.95. The van der Waals surface area contributed by atoms with Crippen molar-refractivity contribution < 1.29 is 33.4 Å². The van der Waals surface area contributed by atoms with Crippen LogP contribution in [0.4, 0.5) is 5.69 Å². The van der Waals surface area contributed by atoms with Gasteiger partial charge < -0.3 is 33.9 Å². The Hall–Kier alpha value is -4.43. The zero-order valence-electron chi connectivity index (χ0n) is 48.6. The van der Waals surface area contributed by atoms with Crippen molar-refractivity contribution in [2.45, 2.75) is 185 Å². The summed E-state index contributed by atoms with van der Waals surface area (Å²) in [5.74, 6) is 0.371. The summed E-state index contributed by atoms with van der Waals surface area (Å²) in [6, 6.07) is 6.17. The van der Waals surface area contributed by atoms with Crippen molar-refractivity contribution in [3.8, 4) is 0 Å². The molecule has 13 rings (SSSR count). The highest BCUT2D eigenvalue weighted by atomic mass is 16.5. The lowest BCUT2D eigenvalue weighted by molar-refractivity contribution is -0.156. The lowest BCUT2D eigenvalue weighted by Gasteiger charge is -2.40. The third-order valence-electron chi connectivity index (χ3n) is 20.8. The quantitative estimate of drug-likeness (QED) is 0.192. The lowest BCUT2D eigenvalue weighted by Crippen LogP contribution is -2.62. The number of aryl methyl sites for hydroxylation is 1. The molecule has 6 saturated heterocycles. The van der Waals surface area contributed by atoms with Gasteiger partial charge in [-0.15, -0.1) is 0 Å². The molecule has 436 valence electrons. The van der Waals surface area contributed by atoms with Crippen molar-refractivity contribution in [1.29, 1.82) is 0 Å². The van der Waals surface area contributed by atoms with Crippen LogP contribution < -0.4 is 21.0 Å². The minimum Gasteiger partial charge on any atom is -0.464 e. The average molecular weight is 1100 g/mol. The second-order valence-corrected chi connectivity index (χ2v) is 27.1. The van der Waals surface area contributed by atoms with Gasteiger partial charge in [0.25, 0.3) is 5.91 Å². The number of morpholine rings is 1. The first-order valence-corrected chi connectivity index (χ1v) is 31.4. The monoisotopic (exact) mass is 1100 g/mol. The number of anilines is 1. The SMILES string of the molecule is CCn1c(C2=C([C@H](C)OC)N=C[C@H](N3CCN(C4CC4)CC3)C2)c2c3cc(ccc31)N1CCO[C@@H](C[C@H](NC(=O)[C@H](C3CCCC3)N3CC[C@]4(CCN(C(=O)[C@@H]5N[C@@H]5C5CC5)C4)C3)C(=O)N3CCC[C@H](N3)C(=O)OCC(C)(C)C2)C1. The van der Waals surface area contributed by atoms with Crippen LogP contribution in [-0.4, -0.2) is 206 Å². The number of carbonyl (C=O) groups excluding carboxylic acids is 4. The van der Waals surface area contributed by atoms with E-state index >= 15 is 9.59 Å². The Morgan fingerprint density at radius 3 is 2.48 bits per heavy atom. The van der Waals surface area contributed by atoms with Gasteiger partial charge >= 0.3 is 5.97 Å². The fraction of sp³-hybridized carbons (Fsp3) is 0.758. The summed E-state index contributed by atoms with van der Waals surface area (Å²) in [6.45, 7) is 19.1. The number of likely N-dealkylation sites (tertiary alicyclic amines) is 2. The molecule has 2 aromatic rings. The molecular weight excluding hydrogens is 1010 g/mol. The molecule has 1 spiro atoms. The Bertz CT molecular complexity index is 2740. The molecule has 11 aliphatic rings. The molecule has 1 aromatic carbocycles. The standard InChI is InChI=1S/C62H91N11O7/c1-6-72-51-18-17-43-30-46(51)48(56(72)47-31-44(34-63-52(47)39(2)78-5)68-26-24-67(25-27-68)42-15-16-42)33-61(3,4)38-80-60(77)49-12-9-21-73(66-49)58(75)50(32-45-35-69(43)28-29-79-45)64-57(74)55(41-10-7-8-11-41)70-22-19-62(36-70)20-23-71(37-62)59(76)54-53(65-54)40-13-14-40/h17-18,30,34,39-42,44-45,49-50,53-55,65-66H,6-16,19-29,31-33,35-38H2,1-5H3,(H,64,74)/t39-,44+,45-,49-,50-,53+,54+,55-,62-/m0/s1. The van der Waals surface area contributed by atoms with Gasteiger partial charge in [0.05, 0.1) is 42.9 Å². The van der Waals surface area contributed by atoms with Crippen molar-refractivity contribution in [3.63, 3.8) is 0 Å². The molecular formula is C62H91N11O7. The van der Waals surface area contributed by atoms with E-state index in [1.54, 1.807) is 12.1 Å². The molecule has 3 saturated carbocycles. The highest BCUT2D eigenvalue weighted by Gasteiger charge is 2.55. The summed E-state index contributed by atoms with van der Waals surface area (Å²) in [5.41, 5.74) is 9.68. The van der Waals surface area contributed by atoms with Crippen LogP contribution in [0.1, 0.15) is 129 Å². The zero-order valence-corrected chi connectivity index (χ0v) is 48.6. The number of fused-ring (bicyclic) bond motifs is 6. The van der Waals surface area contributed by atoms with Crippen molar-refractivity contribution in [2.75, 3.05) is 97.2 Å². The summed E-state index contributed by atoms with van der Waals surface area (Å²) >= 11 is 0. The number of piperazine rings is 1. The molecule has 9 heterocycles. The van der Waals surface area contributed by atoms with Crippen LogP contribution in [0, 0.1) is 22.7 Å². The van der Waals surface area contributed by atoms with Crippen LogP contribution in [0.25, 0.3) is 16.5 Å². The second kappa shape index (κ2) is 22.3. The molecule has 9 atom stereocenters. The van der Waals surface area contributed by atoms with Crippen molar-refractivity contribution in [3.05, 3.63) is 35.2 Å². The minimum atomic E-state index is -0.894. The van der Waals surface area contributed by atoms with E-state index < -0.39 is 17.5 Å². The number of hydrogen-bond donors (Lipinski definition) is 3. The largest absolute Gasteiger partial charge is 0.464 e. The predicted octanol–water partition coefficient (Wildman–Crippen LogP) is 4.97. The second-order valence-electron chi connectivity index (χ2n) is 27.1. The number of benzene rings is 1. The smallest absolute Gasteiger partial charge is 0.324 e. The maximum atomic E-state index is 15.3. The van der Waals surface area contributed by atoms with Gasteiger partial charge in [0.2, 0.25) is 11.8 Å². The van der Waals surface area contributed by atoms with E-state index in [0.717, 1.165) is 127 Å². The molecule has 80 heavy (non-hydrogen) atoms. The first-order valence-electron chi connectivity index (χ1n) is 31.4. The molecule has 3 amide bonds. The Balaban J connectivity index is 0.798. The van der Waals surface area contributed by atoms with Crippen LogP contribution in [0.5, 0.6) is 0 Å². The van der Waals surface area contributed by atoms with Crippen molar-refractivity contribution >= 4 is 52.1 Å². The van der Waals surface area contributed by atoms with Crippen LogP contribution in [0.3, 0.4) is 0 Å². The van der Waals surface area contributed by atoms with E-state index in [9.17, 15) is 9.59 Å². The fourth-order valence-corrected chi connectivity index (χ4v) is 15.9. The van der Waals surface area contributed by atoms with Gasteiger partial charge in [0.15, 0.2) is 0 Å². The number of rotatable bonds is 12. The van der Waals surface area contributed by atoms with Crippen molar-refractivity contribution in [1.82, 2.24) is 45.2 Å². The Morgan fingerprint density at radius 2 is 1.71 bits per heavy atom. The first kappa shape index (κ1) is 54.8. The van der Waals surface area contributed by atoms with Crippen molar-refractivity contribution in [2.24, 2.45) is 27.7 Å². The van der Waals surface area contributed by atoms with Gasteiger partial charge in [-0.3, -0.25) is 49.2 Å². The number of methoxy groups -OCH3 is 1. The molecule has 9 fully saturated rings. The number of esters is 1. The summed E-state index contributed by atoms with van der Waals surface area (Å²) in [4.78, 5) is 76.0. The third-order valence-corrected chi connectivity index (χ3v) is 20.8. The van der Waals surface area contributed by atoms with Crippen LogP contribution in [-0.2, 0) is 46.4 Å². The Kier molecular flexibility index (Phi) is 15.3. The van der Waals surface area contributed by atoms with E-state index in [-0.39, 0.29) is 78.4 Å². The van der Waals surface area contributed by atoms with E-state index in [2.05, 4.69) is 97.2 Å². The van der Waals surface area contributed by atoms with Gasteiger partial charge in [-0.05, 0) is 133 Å². The molecule has 6 bridgehead atoms. The molecule has 0 unspecified atom stereocenters. The van der Waals surface area contributed by atoms with E-state index in [1.807, 2.05) is 0 Å². The number of amides is 3. The van der Waals surface area contributed by atoms with Gasteiger partial charge in [0, 0.05) is 143 Å². The van der Waals surface area contributed by atoms with Crippen LogP contribution >= 0.6 is 0 Å². The number of aliphatic imine (C=N–C) groups is 1. The van der Waals surface area contributed by atoms with Crippen LogP contribution in [0.15, 0.2) is 28.9 Å². The summed E-state index contributed by atoms with van der Waals surface area (Å²) < 4.78 is 21.6. The van der Waals surface area contributed by atoms with E-state index in [0.29, 0.717) is 57.5 Å². The van der Waals surface area contributed by atoms with Gasteiger partial charge in [-0.25, -0.2) is 5.43 Å².